The lowest BCUT2D eigenvalue weighted by atomic mass is 9.70. The summed E-state index contributed by atoms with van der Waals surface area (Å²) in [5, 5.41) is 0. The first kappa shape index (κ1) is 15.5. The van der Waals surface area contributed by atoms with Crippen molar-refractivity contribution in [3.8, 4) is 0 Å². The van der Waals surface area contributed by atoms with E-state index in [1.54, 1.807) is 7.11 Å². The van der Waals surface area contributed by atoms with Crippen molar-refractivity contribution in [1.82, 2.24) is 0 Å². The molecule has 2 fully saturated rings. The Kier molecular flexibility index (Phi) is 3.80. The molecule has 0 aromatic heterocycles. The lowest BCUT2D eigenvalue weighted by Gasteiger charge is -2.38. The Hall–Kier alpha value is -1.35. The highest BCUT2D eigenvalue weighted by molar-refractivity contribution is 5.76. The van der Waals surface area contributed by atoms with Gasteiger partial charge in [0.05, 0.1) is 0 Å². The topological polar surface area (TPSA) is 35.5 Å². The number of carbonyl (C=O) groups excluding carboxylic acids is 1. The van der Waals surface area contributed by atoms with Crippen LogP contribution in [0.25, 0.3) is 0 Å². The molecule has 22 heavy (non-hydrogen) atoms. The van der Waals surface area contributed by atoms with Gasteiger partial charge in [-0.2, -0.15) is 0 Å². The lowest BCUT2D eigenvalue weighted by Crippen LogP contribution is -2.39. The number of fused-ring (bicyclic) bond motifs is 2. The SMILES string of the molecule is COC(C(=O)O[C@@H]1C[C@@H]2CC[C@@]1(C)C2(C)C)c1ccccc1. The number of hydrogen-bond donors (Lipinski definition) is 0. The molecule has 0 spiro atoms. The minimum atomic E-state index is -0.632. The molecule has 0 saturated heterocycles. The number of hydrogen-bond acceptors (Lipinski definition) is 3. The van der Waals surface area contributed by atoms with Crippen LogP contribution in [-0.4, -0.2) is 19.2 Å². The fourth-order valence-corrected chi connectivity index (χ4v) is 4.51. The van der Waals surface area contributed by atoms with E-state index in [0.29, 0.717) is 5.92 Å². The Morgan fingerprint density at radius 1 is 1.23 bits per heavy atom. The molecule has 2 aliphatic carbocycles. The van der Waals surface area contributed by atoms with E-state index in [4.69, 9.17) is 9.47 Å². The molecule has 0 heterocycles. The Morgan fingerprint density at radius 2 is 1.91 bits per heavy atom. The minimum absolute atomic E-state index is 0.00936. The van der Waals surface area contributed by atoms with E-state index in [1.807, 2.05) is 30.3 Å². The zero-order chi connectivity index (χ0) is 16.0. The number of esters is 1. The van der Waals surface area contributed by atoms with E-state index in [0.717, 1.165) is 18.4 Å². The van der Waals surface area contributed by atoms with Crippen LogP contribution in [0.2, 0.25) is 0 Å². The van der Waals surface area contributed by atoms with Gasteiger partial charge in [-0.25, -0.2) is 4.79 Å². The summed E-state index contributed by atoms with van der Waals surface area (Å²) in [6.07, 6.45) is 2.76. The Balaban J connectivity index is 1.75. The van der Waals surface area contributed by atoms with E-state index in [2.05, 4.69) is 20.8 Å². The maximum Gasteiger partial charge on any atom is 0.340 e. The van der Waals surface area contributed by atoms with Gasteiger partial charge in [0.15, 0.2) is 6.10 Å². The van der Waals surface area contributed by atoms with Crippen molar-refractivity contribution in [2.75, 3.05) is 7.11 Å². The third kappa shape index (κ3) is 2.18. The van der Waals surface area contributed by atoms with Gasteiger partial charge >= 0.3 is 5.97 Å². The molecule has 2 saturated carbocycles. The number of carbonyl (C=O) groups is 1. The van der Waals surface area contributed by atoms with Crippen molar-refractivity contribution in [1.29, 1.82) is 0 Å². The van der Waals surface area contributed by atoms with Crippen molar-refractivity contribution in [2.24, 2.45) is 16.7 Å². The van der Waals surface area contributed by atoms with Crippen molar-refractivity contribution < 1.29 is 14.3 Å². The number of benzene rings is 1. The quantitative estimate of drug-likeness (QED) is 0.784. The van der Waals surface area contributed by atoms with Crippen molar-refractivity contribution >= 4 is 5.97 Å². The van der Waals surface area contributed by atoms with Crippen LogP contribution >= 0.6 is 0 Å². The molecule has 0 aliphatic heterocycles. The largest absolute Gasteiger partial charge is 0.460 e. The summed E-state index contributed by atoms with van der Waals surface area (Å²) in [7, 11) is 1.56. The summed E-state index contributed by atoms with van der Waals surface area (Å²) in [5.41, 5.74) is 1.18. The van der Waals surface area contributed by atoms with Crippen molar-refractivity contribution in [3.05, 3.63) is 35.9 Å². The average molecular weight is 302 g/mol. The van der Waals surface area contributed by atoms with Crippen LogP contribution in [0.4, 0.5) is 0 Å². The average Bonchev–Trinajstić information content (AvgIpc) is 2.82. The van der Waals surface area contributed by atoms with Crippen LogP contribution in [-0.2, 0) is 14.3 Å². The number of ether oxygens (including phenoxy) is 2. The van der Waals surface area contributed by atoms with E-state index in [9.17, 15) is 4.79 Å². The van der Waals surface area contributed by atoms with Gasteiger partial charge < -0.3 is 9.47 Å². The molecule has 120 valence electrons. The molecular weight excluding hydrogens is 276 g/mol. The van der Waals surface area contributed by atoms with E-state index in [-0.39, 0.29) is 22.9 Å². The summed E-state index contributed by atoms with van der Waals surface area (Å²) in [4.78, 5) is 12.6. The van der Waals surface area contributed by atoms with Gasteiger partial charge in [-0.05, 0) is 36.2 Å². The summed E-state index contributed by atoms with van der Waals surface area (Å²) in [6, 6.07) is 9.57. The van der Waals surface area contributed by atoms with E-state index in [1.165, 1.54) is 6.42 Å². The molecule has 4 atom stereocenters. The molecule has 0 N–H and O–H groups in total. The molecule has 2 bridgehead atoms. The maximum absolute atomic E-state index is 12.6. The van der Waals surface area contributed by atoms with Crippen LogP contribution in [0.3, 0.4) is 0 Å². The van der Waals surface area contributed by atoms with Crippen LogP contribution in [0.15, 0.2) is 30.3 Å². The molecule has 3 rings (SSSR count). The molecule has 3 nitrogen and oxygen atoms in total. The highest BCUT2D eigenvalue weighted by Crippen LogP contribution is 2.66. The molecule has 1 aromatic carbocycles. The van der Waals surface area contributed by atoms with E-state index >= 15 is 0 Å². The Morgan fingerprint density at radius 3 is 2.41 bits per heavy atom. The summed E-state index contributed by atoms with van der Waals surface area (Å²) in [5.74, 6) is 0.399. The first-order chi connectivity index (χ1) is 10.4. The second-order valence-electron chi connectivity index (χ2n) is 7.56. The minimum Gasteiger partial charge on any atom is -0.460 e. The van der Waals surface area contributed by atoms with Gasteiger partial charge in [0.1, 0.15) is 6.10 Å². The molecule has 1 aromatic rings. The normalized spacial score (nSPS) is 33.6. The summed E-state index contributed by atoms with van der Waals surface area (Å²) >= 11 is 0. The second kappa shape index (κ2) is 5.38. The molecule has 0 radical (unpaired) electrons. The number of methoxy groups -OCH3 is 1. The van der Waals surface area contributed by atoms with Gasteiger partial charge in [-0.3, -0.25) is 0 Å². The third-order valence-electron chi connectivity index (χ3n) is 6.52. The van der Waals surface area contributed by atoms with Crippen molar-refractivity contribution in [2.45, 2.75) is 52.2 Å². The zero-order valence-corrected chi connectivity index (χ0v) is 14.0. The molecule has 0 amide bonds. The lowest BCUT2D eigenvalue weighted by molar-refractivity contribution is -0.169. The van der Waals surface area contributed by atoms with Crippen LogP contribution in [0.1, 0.15) is 51.7 Å². The van der Waals surface area contributed by atoms with Crippen LogP contribution in [0.5, 0.6) is 0 Å². The standard InChI is InChI=1S/C19H26O3/c1-18(2)14-10-11-19(18,3)15(12-14)22-17(20)16(21-4)13-8-6-5-7-9-13/h5-9,14-16H,10-12H2,1-4H3/t14-,15+,16?,19+/m0/s1. The maximum atomic E-state index is 12.6. The first-order valence-electron chi connectivity index (χ1n) is 8.18. The predicted octanol–water partition coefficient (Wildman–Crippen LogP) is 4.13. The van der Waals surface area contributed by atoms with Crippen LogP contribution < -0.4 is 0 Å². The van der Waals surface area contributed by atoms with Gasteiger partial charge in [0.2, 0.25) is 0 Å². The third-order valence-corrected chi connectivity index (χ3v) is 6.52. The van der Waals surface area contributed by atoms with Crippen molar-refractivity contribution in [3.63, 3.8) is 0 Å². The van der Waals surface area contributed by atoms with Gasteiger partial charge in [-0.15, -0.1) is 0 Å². The van der Waals surface area contributed by atoms with Crippen LogP contribution in [0, 0.1) is 16.7 Å². The van der Waals surface area contributed by atoms with Gasteiger partial charge in [0, 0.05) is 12.5 Å². The number of rotatable bonds is 4. The predicted molar refractivity (Wildman–Crippen MR) is 85.3 cm³/mol. The highest BCUT2D eigenvalue weighted by Gasteiger charge is 2.63. The first-order valence-corrected chi connectivity index (χ1v) is 8.18. The zero-order valence-electron chi connectivity index (χ0n) is 14.0. The summed E-state index contributed by atoms with van der Waals surface area (Å²) in [6.45, 7) is 6.93. The highest BCUT2D eigenvalue weighted by atomic mass is 16.6. The fraction of sp³-hybridized carbons (Fsp3) is 0.632. The molecular formula is C19H26O3. The van der Waals surface area contributed by atoms with Gasteiger partial charge in [-0.1, -0.05) is 51.1 Å². The smallest absolute Gasteiger partial charge is 0.340 e. The fourth-order valence-electron chi connectivity index (χ4n) is 4.51. The summed E-state index contributed by atoms with van der Waals surface area (Å²) < 4.78 is 11.3. The second-order valence-corrected chi connectivity index (χ2v) is 7.56. The Labute approximate surface area is 133 Å². The Bertz CT molecular complexity index is 551. The van der Waals surface area contributed by atoms with E-state index < -0.39 is 6.10 Å². The molecule has 1 unspecified atom stereocenters. The molecule has 2 aliphatic rings. The molecule has 3 heteroatoms. The monoisotopic (exact) mass is 302 g/mol. The van der Waals surface area contributed by atoms with Gasteiger partial charge in [0.25, 0.3) is 0 Å².